The molecule has 0 aromatic heterocycles. The molecule has 0 spiro atoms. The molecule has 0 fully saturated rings. The maximum absolute atomic E-state index is 14.4. The zero-order chi connectivity index (χ0) is 20.5. The predicted molar refractivity (Wildman–Crippen MR) is 107 cm³/mol. The molecule has 154 valence electrons. The Balaban J connectivity index is 1.89. The SMILES string of the molecule is CCCCCCCCCCCc1ccc(-c2c(F)cc(C)c(F)c2F)c(F)c1. The molecule has 0 heterocycles. The standard InChI is InChI=1S/C24H30F4/c1-3-4-5-6-7-8-9-10-11-12-18-13-14-19(20(25)16-18)22-21(26)15-17(2)23(27)24(22)28/h13-16H,3-12H2,1-2H3. The number of aryl methyl sites for hydroxylation is 2. The molecule has 0 atom stereocenters. The van der Waals surface area contributed by atoms with Crippen molar-refractivity contribution in [2.45, 2.75) is 78.1 Å². The molecule has 0 saturated heterocycles. The van der Waals surface area contributed by atoms with Gasteiger partial charge in [0, 0.05) is 5.56 Å². The molecule has 0 bridgehead atoms. The van der Waals surface area contributed by atoms with Crippen LogP contribution in [0.2, 0.25) is 0 Å². The number of unbranched alkanes of at least 4 members (excludes halogenated alkanes) is 8. The molecule has 0 aliphatic heterocycles. The van der Waals surface area contributed by atoms with Crippen LogP contribution in [0, 0.1) is 30.2 Å². The van der Waals surface area contributed by atoms with E-state index in [4.69, 9.17) is 0 Å². The summed E-state index contributed by atoms with van der Waals surface area (Å²) in [5.74, 6) is -4.17. The van der Waals surface area contributed by atoms with Crippen LogP contribution in [0.15, 0.2) is 24.3 Å². The number of benzene rings is 2. The number of halogens is 4. The molecule has 28 heavy (non-hydrogen) atoms. The first kappa shape index (κ1) is 22.4. The van der Waals surface area contributed by atoms with Crippen molar-refractivity contribution in [3.05, 3.63) is 58.7 Å². The van der Waals surface area contributed by atoms with Crippen LogP contribution in [0.1, 0.15) is 75.8 Å². The van der Waals surface area contributed by atoms with Gasteiger partial charge in [0.2, 0.25) is 0 Å². The summed E-state index contributed by atoms with van der Waals surface area (Å²) >= 11 is 0. The van der Waals surface area contributed by atoms with E-state index in [2.05, 4.69) is 6.92 Å². The summed E-state index contributed by atoms with van der Waals surface area (Å²) in [7, 11) is 0. The van der Waals surface area contributed by atoms with Gasteiger partial charge < -0.3 is 0 Å². The molecular formula is C24H30F4. The van der Waals surface area contributed by atoms with Crippen LogP contribution in [0.4, 0.5) is 17.6 Å². The van der Waals surface area contributed by atoms with Crippen molar-refractivity contribution in [1.29, 1.82) is 0 Å². The Bertz CT molecular complexity index is 768. The molecular weight excluding hydrogens is 364 g/mol. The Labute approximate surface area is 166 Å². The number of hydrogen-bond acceptors (Lipinski definition) is 0. The second-order valence-corrected chi connectivity index (χ2v) is 7.57. The first-order valence-electron chi connectivity index (χ1n) is 10.4. The zero-order valence-corrected chi connectivity index (χ0v) is 16.9. The van der Waals surface area contributed by atoms with Crippen molar-refractivity contribution in [2.75, 3.05) is 0 Å². The average molecular weight is 394 g/mol. The van der Waals surface area contributed by atoms with Gasteiger partial charge in [-0.05, 0) is 43.0 Å². The average Bonchev–Trinajstić information content (AvgIpc) is 2.66. The second-order valence-electron chi connectivity index (χ2n) is 7.57. The lowest BCUT2D eigenvalue weighted by atomic mass is 9.98. The Morgan fingerprint density at radius 1 is 0.679 bits per heavy atom. The fourth-order valence-electron chi connectivity index (χ4n) is 3.52. The van der Waals surface area contributed by atoms with Gasteiger partial charge in [0.25, 0.3) is 0 Å². The maximum Gasteiger partial charge on any atom is 0.169 e. The van der Waals surface area contributed by atoms with Gasteiger partial charge in [-0.2, -0.15) is 0 Å². The van der Waals surface area contributed by atoms with E-state index in [1.165, 1.54) is 64.0 Å². The Hall–Kier alpha value is -1.84. The molecule has 0 unspecified atom stereocenters. The lowest BCUT2D eigenvalue weighted by molar-refractivity contribution is 0.492. The summed E-state index contributed by atoms with van der Waals surface area (Å²) in [6.07, 6.45) is 11.6. The largest absolute Gasteiger partial charge is 0.206 e. The summed E-state index contributed by atoms with van der Waals surface area (Å²) in [5, 5.41) is 0. The highest BCUT2D eigenvalue weighted by Crippen LogP contribution is 2.32. The lowest BCUT2D eigenvalue weighted by Crippen LogP contribution is -2.00. The monoisotopic (exact) mass is 394 g/mol. The maximum atomic E-state index is 14.4. The van der Waals surface area contributed by atoms with Crippen molar-refractivity contribution in [2.24, 2.45) is 0 Å². The third-order valence-electron chi connectivity index (χ3n) is 5.21. The van der Waals surface area contributed by atoms with Gasteiger partial charge in [-0.3, -0.25) is 0 Å². The van der Waals surface area contributed by atoms with Crippen molar-refractivity contribution < 1.29 is 17.6 Å². The van der Waals surface area contributed by atoms with Crippen molar-refractivity contribution in [3.8, 4) is 11.1 Å². The van der Waals surface area contributed by atoms with Gasteiger partial charge >= 0.3 is 0 Å². The summed E-state index contributed by atoms with van der Waals surface area (Å²) in [6.45, 7) is 3.48. The van der Waals surface area contributed by atoms with Crippen LogP contribution >= 0.6 is 0 Å². The van der Waals surface area contributed by atoms with Crippen molar-refractivity contribution in [1.82, 2.24) is 0 Å². The normalized spacial score (nSPS) is 11.2. The van der Waals surface area contributed by atoms with Gasteiger partial charge in [-0.1, -0.05) is 70.4 Å². The minimum Gasteiger partial charge on any atom is -0.206 e. The van der Waals surface area contributed by atoms with Gasteiger partial charge in [0.05, 0.1) is 5.56 Å². The number of rotatable bonds is 11. The summed E-state index contributed by atoms with van der Waals surface area (Å²) < 4.78 is 56.4. The third kappa shape index (κ3) is 6.08. The highest BCUT2D eigenvalue weighted by atomic mass is 19.2. The summed E-state index contributed by atoms with van der Waals surface area (Å²) in [6, 6.07) is 5.20. The van der Waals surface area contributed by atoms with E-state index in [1.54, 1.807) is 6.07 Å². The molecule has 0 aliphatic carbocycles. The van der Waals surface area contributed by atoms with E-state index < -0.39 is 28.8 Å². The van der Waals surface area contributed by atoms with Gasteiger partial charge in [-0.25, -0.2) is 17.6 Å². The van der Waals surface area contributed by atoms with E-state index in [-0.39, 0.29) is 11.1 Å². The van der Waals surface area contributed by atoms with Crippen LogP contribution in [0.3, 0.4) is 0 Å². The topological polar surface area (TPSA) is 0 Å². The fraction of sp³-hybridized carbons (Fsp3) is 0.500. The van der Waals surface area contributed by atoms with E-state index in [0.29, 0.717) is 0 Å². The van der Waals surface area contributed by atoms with E-state index in [1.807, 2.05) is 0 Å². The summed E-state index contributed by atoms with van der Waals surface area (Å²) in [5.41, 5.74) is -0.237. The smallest absolute Gasteiger partial charge is 0.169 e. The van der Waals surface area contributed by atoms with Crippen LogP contribution in [-0.2, 0) is 6.42 Å². The molecule has 2 rings (SSSR count). The van der Waals surface area contributed by atoms with Crippen LogP contribution in [0.5, 0.6) is 0 Å². The minimum absolute atomic E-state index is 0.138. The second kappa shape index (κ2) is 11.2. The van der Waals surface area contributed by atoms with E-state index in [0.717, 1.165) is 30.9 Å². The first-order valence-corrected chi connectivity index (χ1v) is 10.4. The third-order valence-corrected chi connectivity index (χ3v) is 5.21. The van der Waals surface area contributed by atoms with Crippen LogP contribution in [0.25, 0.3) is 11.1 Å². The molecule has 0 aliphatic rings. The molecule has 0 radical (unpaired) electrons. The Morgan fingerprint density at radius 3 is 1.89 bits per heavy atom. The minimum atomic E-state index is -1.34. The zero-order valence-electron chi connectivity index (χ0n) is 16.9. The van der Waals surface area contributed by atoms with E-state index >= 15 is 0 Å². The quantitative estimate of drug-likeness (QED) is 0.204. The van der Waals surface area contributed by atoms with Gasteiger partial charge in [-0.15, -0.1) is 0 Å². The van der Waals surface area contributed by atoms with Crippen LogP contribution in [-0.4, -0.2) is 0 Å². The lowest BCUT2D eigenvalue weighted by Gasteiger charge is -2.11. The Kier molecular flexibility index (Phi) is 9.01. The van der Waals surface area contributed by atoms with Crippen molar-refractivity contribution in [3.63, 3.8) is 0 Å². The Morgan fingerprint density at radius 2 is 1.29 bits per heavy atom. The molecule has 0 nitrogen and oxygen atoms in total. The van der Waals surface area contributed by atoms with Gasteiger partial charge in [0.15, 0.2) is 11.6 Å². The van der Waals surface area contributed by atoms with Gasteiger partial charge in [0.1, 0.15) is 11.6 Å². The molecule has 0 N–H and O–H groups in total. The van der Waals surface area contributed by atoms with E-state index in [9.17, 15) is 17.6 Å². The fourth-order valence-corrected chi connectivity index (χ4v) is 3.52. The highest BCUT2D eigenvalue weighted by Gasteiger charge is 2.21. The van der Waals surface area contributed by atoms with Crippen molar-refractivity contribution >= 4 is 0 Å². The highest BCUT2D eigenvalue weighted by molar-refractivity contribution is 5.66. The predicted octanol–water partition coefficient (Wildman–Crippen LogP) is 8.29. The summed E-state index contributed by atoms with van der Waals surface area (Å²) in [4.78, 5) is 0. The molecule has 0 amide bonds. The molecule has 2 aromatic rings. The first-order chi connectivity index (χ1) is 13.5. The molecule has 2 aromatic carbocycles. The molecule has 4 heteroatoms. The van der Waals surface area contributed by atoms with Crippen LogP contribution < -0.4 is 0 Å². The number of hydrogen-bond donors (Lipinski definition) is 0. The molecule has 0 saturated carbocycles.